The molecule has 0 unspecified atom stereocenters. The van der Waals surface area contributed by atoms with Gasteiger partial charge in [-0.05, 0) is 19.0 Å². The summed E-state index contributed by atoms with van der Waals surface area (Å²) in [7, 11) is 0. The van der Waals surface area contributed by atoms with E-state index < -0.39 is 4.92 Å². The molecule has 0 atom stereocenters. The van der Waals surface area contributed by atoms with Crippen molar-refractivity contribution in [2.45, 2.75) is 6.42 Å². The molecule has 0 fully saturated rings. The maximum Gasteiger partial charge on any atom is 0.311 e. The van der Waals surface area contributed by atoms with Crippen molar-refractivity contribution < 1.29 is 4.92 Å². The monoisotopic (exact) mass is 246 g/mol. The molecule has 0 aliphatic heterocycles. The van der Waals surface area contributed by atoms with Crippen LogP contribution in [0.4, 0.5) is 11.4 Å². The molecule has 3 N–H and O–H groups in total. The average molecular weight is 246 g/mol. The number of fused-ring (bicyclic) bond motifs is 1. The number of nitrogens with one attached hydrogen (secondary N) is 1. The van der Waals surface area contributed by atoms with Crippen molar-refractivity contribution in [3.8, 4) is 0 Å². The molecular formula is C12H14N4O2. The Morgan fingerprint density at radius 2 is 2.17 bits per heavy atom. The number of nitrogens with zero attached hydrogens (tertiary/aromatic N) is 2. The van der Waals surface area contributed by atoms with Gasteiger partial charge < -0.3 is 11.1 Å². The topological polar surface area (TPSA) is 94.1 Å². The van der Waals surface area contributed by atoms with E-state index in [4.69, 9.17) is 5.73 Å². The van der Waals surface area contributed by atoms with Gasteiger partial charge in [0.25, 0.3) is 0 Å². The molecule has 1 aromatic carbocycles. The van der Waals surface area contributed by atoms with Crippen molar-refractivity contribution in [3.05, 3.63) is 40.6 Å². The van der Waals surface area contributed by atoms with Gasteiger partial charge >= 0.3 is 5.69 Å². The van der Waals surface area contributed by atoms with Crippen molar-refractivity contribution in [1.82, 2.24) is 4.98 Å². The minimum absolute atomic E-state index is 0.00859. The highest BCUT2D eigenvalue weighted by molar-refractivity contribution is 5.95. The number of rotatable bonds is 5. The second-order valence-electron chi connectivity index (χ2n) is 3.86. The van der Waals surface area contributed by atoms with Crippen LogP contribution in [-0.4, -0.2) is 23.0 Å². The third-order valence-electron chi connectivity index (χ3n) is 2.63. The van der Waals surface area contributed by atoms with Crippen LogP contribution < -0.4 is 11.1 Å². The Balaban J connectivity index is 2.48. The van der Waals surface area contributed by atoms with Gasteiger partial charge in [-0.15, -0.1) is 0 Å². The van der Waals surface area contributed by atoms with Gasteiger partial charge in [-0.1, -0.05) is 18.2 Å². The first-order chi connectivity index (χ1) is 8.74. The second kappa shape index (κ2) is 5.42. The number of aromatic nitrogens is 1. The van der Waals surface area contributed by atoms with E-state index in [2.05, 4.69) is 10.3 Å². The Hall–Kier alpha value is -2.21. The van der Waals surface area contributed by atoms with Crippen molar-refractivity contribution in [3.63, 3.8) is 0 Å². The molecule has 6 nitrogen and oxygen atoms in total. The van der Waals surface area contributed by atoms with Crippen LogP contribution in [0.1, 0.15) is 6.42 Å². The summed E-state index contributed by atoms with van der Waals surface area (Å²) >= 11 is 0. The summed E-state index contributed by atoms with van der Waals surface area (Å²) in [6.45, 7) is 1.15. The van der Waals surface area contributed by atoms with Crippen LogP contribution in [-0.2, 0) is 0 Å². The molecule has 0 aliphatic rings. The molecule has 0 spiro atoms. The van der Waals surface area contributed by atoms with Crippen LogP contribution >= 0.6 is 0 Å². The second-order valence-corrected chi connectivity index (χ2v) is 3.86. The van der Waals surface area contributed by atoms with Crippen LogP contribution in [0, 0.1) is 10.1 Å². The lowest BCUT2D eigenvalue weighted by Crippen LogP contribution is -2.10. The van der Waals surface area contributed by atoms with Crippen molar-refractivity contribution in [2.75, 3.05) is 18.4 Å². The first kappa shape index (κ1) is 12.3. The summed E-state index contributed by atoms with van der Waals surface area (Å²) in [6, 6.07) is 7.33. The first-order valence-corrected chi connectivity index (χ1v) is 5.70. The highest BCUT2D eigenvalue weighted by atomic mass is 16.6. The molecule has 0 saturated heterocycles. The third-order valence-corrected chi connectivity index (χ3v) is 2.63. The standard InChI is InChI=1S/C12H14N4O2/c13-6-3-7-14-12-9-4-1-2-5-10(9)15-8-11(12)16(17)18/h1-2,4-5,8H,3,6-7,13H2,(H,14,15). The number of nitrogens with two attached hydrogens (primary N) is 1. The Bertz CT molecular complexity index is 571. The molecule has 94 valence electrons. The van der Waals surface area contributed by atoms with Crippen LogP contribution in [0.3, 0.4) is 0 Å². The Morgan fingerprint density at radius 3 is 2.89 bits per heavy atom. The molecule has 18 heavy (non-hydrogen) atoms. The highest BCUT2D eigenvalue weighted by Crippen LogP contribution is 2.31. The van der Waals surface area contributed by atoms with Gasteiger partial charge in [-0.25, -0.2) is 4.98 Å². The van der Waals surface area contributed by atoms with E-state index in [1.54, 1.807) is 0 Å². The molecule has 0 saturated carbocycles. The van der Waals surface area contributed by atoms with E-state index in [0.29, 0.717) is 18.8 Å². The summed E-state index contributed by atoms with van der Waals surface area (Å²) in [5.74, 6) is 0. The number of para-hydroxylation sites is 1. The molecule has 2 aromatic rings. The van der Waals surface area contributed by atoms with E-state index in [9.17, 15) is 10.1 Å². The van der Waals surface area contributed by atoms with E-state index >= 15 is 0 Å². The number of anilines is 1. The number of hydrogen-bond donors (Lipinski definition) is 2. The summed E-state index contributed by atoms with van der Waals surface area (Å²) in [5, 5.41) is 14.8. The number of benzene rings is 1. The van der Waals surface area contributed by atoms with Crippen LogP contribution in [0.15, 0.2) is 30.5 Å². The predicted octanol–water partition coefficient (Wildman–Crippen LogP) is 1.90. The maximum absolute atomic E-state index is 11.0. The lowest BCUT2D eigenvalue weighted by atomic mass is 10.1. The summed E-state index contributed by atoms with van der Waals surface area (Å²) in [4.78, 5) is 14.7. The SMILES string of the molecule is NCCCNc1c([N+](=O)[O-])cnc2ccccc12. The highest BCUT2D eigenvalue weighted by Gasteiger charge is 2.17. The third kappa shape index (κ3) is 2.38. The molecule has 2 rings (SSSR count). The fourth-order valence-corrected chi connectivity index (χ4v) is 1.77. The van der Waals surface area contributed by atoms with Gasteiger partial charge in [0.2, 0.25) is 0 Å². The predicted molar refractivity (Wildman–Crippen MR) is 70.6 cm³/mol. The molecule has 6 heteroatoms. The maximum atomic E-state index is 11.0. The Morgan fingerprint density at radius 1 is 1.39 bits per heavy atom. The lowest BCUT2D eigenvalue weighted by Gasteiger charge is -2.09. The summed E-state index contributed by atoms with van der Waals surface area (Å²) in [5.41, 5.74) is 6.66. The largest absolute Gasteiger partial charge is 0.379 e. The minimum atomic E-state index is -0.426. The zero-order valence-electron chi connectivity index (χ0n) is 9.80. The smallest absolute Gasteiger partial charge is 0.311 e. The lowest BCUT2D eigenvalue weighted by molar-refractivity contribution is -0.384. The van der Waals surface area contributed by atoms with Crippen LogP contribution in [0.5, 0.6) is 0 Å². The molecule has 0 radical (unpaired) electrons. The number of hydrogen-bond acceptors (Lipinski definition) is 5. The molecule has 1 heterocycles. The van der Waals surface area contributed by atoms with Gasteiger partial charge in [0.05, 0.1) is 10.4 Å². The molecule has 1 aromatic heterocycles. The van der Waals surface area contributed by atoms with Crippen molar-refractivity contribution >= 4 is 22.3 Å². The molecule has 0 bridgehead atoms. The average Bonchev–Trinajstić information content (AvgIpc) is 2.38. The zero-order chi connectivity index (χ0) is 13.0. The van der Waals surface area contributed by atoms with Crippen LogP contribution in [0.2, 0.25) is 0 Å². The number of pyridine rings is 1. The Kier molecular flexibility index (Phi) is 3.69. The molecule has 0 aliphatic carbocycles. The van der Waals surface area contributed by atoms with Gasteiger partial charge in [-0.3, -0.25) is 10.1 Å². The molecule has 0 amide bonds. The quantitative estimate of drug-likeness (QED) is 0.477. The van der Waals surface area contributed by atoms with Gasteiger partial charge in [0, 0.05) is 11.9 Å². The zero-order valence-corrected chi connectivity index (χ0v) is 9.80. The fourth-order valence-electron chi connectivity index (χ4n) is 1.77. The van der Waals surface area contributed by atoms with Crippen molar-refractivity contribution in [2.24, 2.45) is 5.73 Å². The summed E-state index contributed by atoms with van der Waals surface area (Å²) in [6.07, 6.45) is 2.04. The van der Waals surface area contributed by atoms with Gasteiger partial charge in [-0.2, -0.15) is 0 Å². The van der Waals surface area contributed by atoms with Crippen molar-refractivity contribution in [1.29, 1.82) is 0 Å². The first-order valence-electron chi connectivity index (χ1n) is 5.70. The summed E-state index contributed by atoms with van der Waals surface area (Å²) < 4.78 is 0. The van der Waals surface area contributed by atoms with E-state index in [0.717, 1.165) is 17.3 Å². The van der Waals surface area contributed by atoms with Gasteiger partial charge in [0.15, 0.2) is 0 Å². The molecular weight excluding hydrogens is 232 g/mol. The van der Waals surface area contributed by atoms with Gasteiger partial charge in [0.1, 0.15) is 11.9 Å². The van der Waals surface area contributed by atoms with Crippen LogP contribution in [0.25, 0.3) is 10.9 Å². The minimum Gasteiger partial charge on any atom is -0.379 e. The fraction of sp³-hybridized carbons (Fsp3) is 0.250. The number of nitro groups is 1. The Labute approximate surface area is 104 Å². The van der Waals surface area contributed by atoms with E-state index in [1.807, 2.05) is 24.3 Å². The normalized spacial score (nSPS) is 10.5. The van der Waals surface area contributed by atoms with E-state index in [-0.39, 0.29) is 5.69 Å². The van der Waals surface area contributed by atoms with E-state index in [1.165, 1.54) is 6.20 Å².